The molecule has 1 heterocycles. The predicted molar refractivity (Wildman–Crippen MR) is 64.0 cm³/mol. The van der Waals surface area contributed by atoms with E-state index in [9.17, 15) is 18.3 Å². The molecule has 1 aliphatic heterocycles. The Morgan fingerprint density at radius 2 is 2.05 bits per heavy atom. The van der Waals surface area contributed by atoms with E-state index >= 15 is 0 Å². The van der Waals surface area contributed by atoms with Crippen LogP contribution in [0.3, 0.4) is 0 Å². The van der Waals surface area contributed by atoms with E-state index < -0.39 is 18.8 Å². The molecule has 2 rings (SSSR count). The first kappa shape index (κ1) is 14.1. The minimum Gasteiger partial charge on any atom is -0.497 e. The molecule has 6 heteroatoms. The van der Waals surface area contributed by atoms with Gasteiger partial charge in [-0.05, 0) is 30.2 Å². The van der Waals surface area contributed by atoms with Crippen molar-refractivity contribution in [3.05, 3.63) is 29.3 Å². The van der Waals surface area contributed by atoms with Crippen molar-refractivity contribution in [2.24, 2.45) is 0 Å². The standard InChI is InChI=1S/C13H16F3NO2/c1-8-10-4-3-9(19-2)5-11(10)12(18)6-17(8)7-13(14,15)16/h3-5,8,12,18H,6-7H2,1-2H3. The molecule has 1 aromatic rings. The van der Waals surface area contributed by atoms with Gasteiger partial charge in [-0.25, -0.2) is 0 Å². The first-order valence-corrected chi connectivity index (χ1v) is 5.98. The first-order valence-electron chi connectivity index (χ1n) is 5.98. The number of ether oxygens (including phenoxy) is 1. The van der Waals surface area contributed by atoms with Crippen molar-refractivity contribution in [2.45, 2.75) is 25.2 Å². The van der Waals surface area contributed by atoms with Crippen LogP contribution in [0, 0.1) is 0 Å². The van der Waals surface area contributed by atoms with Gasteiger partial charge in [-0.1, -0.05) is 6.07 Å². The van der Waals surface area contributed by atoms with E-state index in [0.717, 1.165) is 0 Å². The summed E-state index contributed by atoms with van der Waals surface area (Å²) in [6.07, 6.45) is -5.19. The Kier molecular flexibility index (Phi) is 3.73. The number of nitrogens with zero attached hydrogens (tertiary/aromatic N) is 1. The Hall–Kier alpha value is -1.27. The molecule has 0 radical (unpaired) electrons. The van der Waals surface area contributed by atoms with Gasteiger partial charge < -0.3 is 9.84 Å². The van der Waals surface area contributed by atoms with Crippen LogP contribution in [-0.4, -0.2) is 36.4 Å². The highest BCUT2D eigenvalue weighted by Gasteiger charge is 2.37. The molecule has 2 unspecified atom stereocenters. The number of halogens is 3. The van der Waals surface area contributed by atoms with Crippen molar-refractivity contribution in [3.8, 4) is 5.75 Å². The number of methoxy groups -OCH3 is 1. The van der Waals surface area contributed by atoms with E-state index in [0.29, 0.717) is 16.9 Å². The van der Waals surface area contributed by atoms with Crippen LogP contribution >= 0.6 is 0 Å². The van der Waals surface area contributed by atoms with Gasteiger partial charge >= 0.3 is 6.18 Å². The van der Waals surface area contributed by atoms with Gasteiger partial charge in [0.2, 0.25) is 0 Å². The number of alkyl halides is 3. The summed E-state index contributed by atoms with van der Waals surface area (Å²) >= 11 is 0. The molecule has 0 aliphatic carbocycles. The highest BCUT2D eigenvalue weighted by Crippen LogP contribution is 2.37. The number of rotatable bonds is 2. The van der Waals surface area contributed by atoms with E-state index in [-0.39, 0.29) is 12.6 Å². The van der Waals surface area contributed by atoms with Crippen LogP contribution in [-0.2, 0) is 0 Å². The lowest BCUT2D eigenvalue weighted by Crippen LogP contribution is -2.42. The Labute approximate surface area is 109 Å². The van der Waals surface area contributed by atoms with Crippen LogP contribution in [0.5, 0.6) is 5.75 Å². The monoisotopic (exact) mass is 275 g/mol. The van der Waals surface area contributed by atoms with E-state index in [4.69, 9.17) is 4.74 Å². The lowest BCUT2D eigenvalue weighted by Gasteiger charge is -2.38. The van der Waals surface area contributed by atoms with Crippen LogP contribution in [0.4, 0.5) is 13.2 Å². The second kappa shape index (κ2) is 5.02. The average molecular weight is 275 g/mol. The van der Waals surface area contributed by atoms with Crippen LogP contribution < -0.4 is 4.74 Å². The molecule has 0 bridgehead atoms. The van der Waals surface area contributed by atoms with Gasteiger partial charge in [0, 0.05) is 12.6 Å². The van der Waals surface area contributed by atoms with Crippen LogP contribution in [0.25, 0.3) is 0 Å². The van der Waals surface area contributed by atoms with Gasteiger partial charge in [0.15, 0.2) is 0 Å². The number of fused-ring (bicyclic) bond motifs is 1. The van der Waals surface area contributed by atoms with Gasteiger partial charge in [-0.3, -0.25) is 4.90 Å². The number of hydrogen-bond donors (Lipinski definition) is 1. The quantitative estimate of drug-likeness (QED) is 0.900. The molecule has 0 amide bonds. The summed E-state index contributed by atoms with van der Waals surface area (Å²) < 4.78 is 42.5. The van der Waals surface area contributed by atoms with Crippen LogP contribution in [0.2, 0.25) is 0 Å². The molecule has 1 aromatic carbocycles. The maximum atomic E-state index is 12.5. The van der Waals surface area contributed by atoms with Crippen molar-refractivity contribution in [1.29, 1.82) is 0 Å². The molecule has 0 saturated heterocycles. The molecule has 1 aliphatic rings. The molecule has 1 N–H and O–H groups in total. The normalized spacial score (nSPS) is 24.1. The number of aliphatic hydroxyl groups is 1. The molecular weight excluding hydrogens is 259 g/mol. The first-order chi connectivity index (χ1) is 8.81. The van der Waals surface area contributed by atoms with Crippen LogP contribution in [0.1, 0.15) is 30.2 Å². The molecule has 3 nitrogen and oxygen atoms in total. The van der Waals surface area contributed by atoms with E-state index in [1.54, 1.807) is 25.1 Å². The summed E-state index contributed by atoms with van der Waals surface area (Å²) in [5.41, 5.74) is 1.36. The topological polar surface area (TPSA) is 32.7 Å². The largest absolute Gasteiger partial charge is 0.497 e. The number of β-amino-alcohol motifs (C(OH)–C–C–N with tert-alkyl or cyclic N) is 1. The maximum Gasteiger partial charge on any atom is 0.401 e. The van der Waals surface area contributed by atoms with Gasteiger partial charge in [-0.15, -0.1) is 0 Å². The maximum absolute atomic E-state index is 12.5. The third kappa shape index (κ3) is 3.01. The summed E-state index contributed by atoms with van der Waals surface area (Å²) in [6.45, 7) is 0.667. The zero-order valence-electron chi connectivity index (χ0n) is 10.7. The lowest BCUT2D eigenvalue weighted by molar-refractivity contribution is -0.155. The van der Waals surface area contributed by atoms with Crippen molar-refractivity contribution >= 4 is 0 Å². The Morgan fingerprint density at radius 1 is 1.37 bits per heavy atom. The zero-order valence-corrected chi connectivity index (χ0v) is 10.7. The molecule has 106 valence electrons. The highest BCUT2D eigenvalue weighted by molar-refractivity contribution is 5.40. The van der Waals surface area contributed by atoms with Crippen molar-refractivity contribution in [2.75, 3.05) is 20.2 Å². The molecule has 0 aromatic heterocycles. The van der Waals surface area contributed by atoms with E-state index in [2.05, 4.69) is 0 Å². The summed E-state index contributed by atoms with van der Waals surface area (Å²) in [4.78, 5) is 1.24. The fraction of sp³-hybridized carbons (Fsp3) is 0.538. The van der Waals surface area contributed by atoms with Gasteiger partial charge in [-0.2, -0.15) is 13.2 Å². The SMILES string of the molecule is COc1ccc2c(c1)C(O)CN(CC(F)(F)F)C2C. The summed E-state index contributed by atoms with van der Waals surface area (Å²) in [5.74, 6) is 0.592. The highest BCUT2D eigenvalue weighted by atomic mass is 19.4. The Balaban J connectivity index is 2.30. The number of aliphatic hydroxyl groups excluding tert-OH is 1. The summed E-state index contributed by atoms with van der Waals surface area (Å²) in [5, 5.41) is 10.0. The predicted octanol–water partition coefficient (Wildman–Crippen LogP) is 2.67. The van der Waals surface area contributed by atoms with Gasteiger partial charge in [0.25, 0.3) is 0 Å². The van der Waals surface area contributed by atoms with Crippen molar-refractivity contribution in [3.63, 3.8) is 0 Å². The smallest absolute Gasteiger partial charge is 0.401 e. The third-order valence-corrected chi connectivity index (χ3v) is 3.44. The third-order valence-electron chi connectivity index (χ3n) is 3.44. The molecular formula is C13H16F3NO2. The summed E-state index contributed by atoms with van der Waals surface area (Å²) in [7, 11) is 1.51. The number of benzene rings is 1. The van der Waals surface area contributed by atoms with Gasteiger partial charge in [0.05, 0.1) is 19.8 Å². The Bertz CT molecular complexity index is 462. The zero-order chi connectivity index (χ0) is 14.2. The van der Waals surface area contributed by atoms with Crippen molar-refractivity contribution < 1.29 is 23.0 Å². The van der Waals surface area contributed by atoms with Crippen molar-refractivity contribution in [1.82, 2.24) is 4.90 Å². The van der Waals surface area contributed by atoms with E-state index in [1.807, 2.05) is 0 Å². The Morgan fingerprint density at radius 3 is 2.63 bits per heavy atom. The van der Waals surface area contributed by atoms with Gasteiger partial charge in [0.1, 0.15) is 5.75 Å². The minimum absolute atomic E-state index is 0.0269. The molecule has 0 saturated carbocycles. The average Bonchev–Trinajstić information content (AvgIpc) is 2.33. The second-order valence-electron chi connectivity index (χ2n) is 4.73. The lowest BCUT2D eigenvalue weighted by atomic mass is 9.91. The fourth-order valence-corrected chi connectivity index (χ4v) is 2.46. The van der Waals surface area contributed by atoms with E-state index in [1.165, 1.54) is 12.0 Å². The molecule has 19 heavy (non-hydrogen) atoms. The minimum atomic E-state index is -4.27. The molecule has 2 atom stereocenters. The second-order valence-corrected chi connectivity index (χ2v) is 4.73. The summed E-state index contributed by atoms with van der Waals surface area (Å²) in [6, 6.07) is 4.71. The molecule has 0 fully saturated rings. The fourth-order valence-electron chi connectivity index (χ4n) is 2.46. The number of hydrogen-bond acceptors (Lipinski definition) is 3. The molecule has 0 spiro atoms. The van der Waals surface area contributed by atoms with Crippen LogP contribution in [0.15, 0.2) is 18.2 Å².